The number of nitrogens with two attached hydrogens (primary N) is 2. The number of hydrogen-bond donors (Lipinski definition) is 3. The molecular formula is C18H15FN6O. The van der Waals surface area contributed by atoms with Crippen molar-refractivity contribution in [2.45, 2.75) is 0 Å². The van der Waals surface area contributed by atoms with Crippen molar-refractivity contribution < 1.29 is 4.39 Å². The lowest BCUT2D eigenvalue weighted by atomic mass is 10.1. The van der Waals surface area contributed by atoms with Crippen LogP contribution in [0.4, 0.5) is 27.4 Å². The van der Waals surface area contributed by atoms with Gasteiger partial charge in [-0.15, -0.1) is 0 Å². The quantitative estimate of drug-likeness (QED) is 0.378. The van der Waals surface area contributed by atoms with E-state index in [2.05, 4.69) is 15.3 Å². The van der Waals surface area contributed by atoms with Crippen molar-refractivity contribution in [1.82, 2.24) is 14.5 Å². The molecule has 130 valence electrons. The van der Waals surface area contributed by atoms with Gasteiger partial charge in [-0.25, -0.2) is 14.4 Å². The molecule has 2 aromatic heterocycles. The average molecular weight is 350 g/mol. The molecule has 0 unspecified atom stereocenters. The van der Waals surface area contributed by atoms with Crippen LogP contribution < -0.4 is 22.3 Å². The van der Waals surface area contributed by atoms with Crippen molar-refractivity contribution >= 4 is 44.8 Å². The van der Waals surface area contributed by atoms with Crippen LogP contribution in [0.25, 0.3) is 21.8 Å². The van der Waals surface area contributed by atoms with E-state index in [-0.39, 0.29) is 11.2 Å². The van der Waals surface area contributed by atoms with E-state index in [1.54, 1.807) is 37.5 Å². The van der Waals surface area contributed by atoms with Gasteiger partial charge in [0.25, 0.3) is 5.56 Å². The Bertz CT molecular complexity index is 1230. The number of fused-ring (bicyclic) bond motifs is 3. The Morgan fingerprint density at radius 2 is 1.92 bits per heavy atom. The Morgan fingerprint density at radius 3 is 2.69 bits per heavy atom. The van der Waals surface area contributed by atoms with E-state index in [0.717, 1.165) is 0 Å². The Balaban J connectivity index is 1.91. The molecule has 7 nitrogen and oxygen atoms in total. The van der Waals surface area contributed by atoms with Crippen molar-refractivity contribution in [3.8, 4) is 0 Å². The number of aromatic nitrogens is 3. The molecule has 26 heavy (non-hydrogen) atoms. The minimum atomic E-state index is -0.492. The molecule has 2 aromatic carbocycles. The minimum absolute atomic E-state index is 0.0270. The molecule has 0 aliphatic rings. The van der Waals surface area contributed by atoms with Crippen molar-refractivity contribution in [1.29, 1.82) is 0 Å². The Labute approximate surface area is 147 Å². The first-order chi connectivity index (χ1) is 12.4. The molecule has 4 aromatic rings. The molecule has 0 bridgehead atoms. The predicted molar refractivity (Wildman–Crippen MR) is 101 cm³/mol. The molecule has 5 N–H and O–H groups in total. The largest absolute Gasteiger partial charge is 0.399 e. The first kappa shape index (κ1) is 15.8. The summed E-state index contributed by atoms with van der Waals surface area (Å²) in [5.41, 5.74) is 13.5. The number of benzene rings is 2. The standard InChI is InChI=1S/C18H15FN6O/c1-25-15-8-22-18(23-10-3-5-13(19)14(21)7-10)24-16(15)11-4-2-9(20)6-12(11)17(25)26/h2-8H,20-21H2,1H3,(H,22,23,24). The van der Waals surface area contributed by atoms with Gasteiger partial charge in [-0.1, -0.05) is 0 Å². The Morgan fingerprint density at radius 1 is 1.12 bits per heavy atom. The maximum Gasteiger partial charge on any atom is 0.258 e. The summed E-state index contributed by atoms with van der Waals surface area (Å²) in [7, 11) is 1.66. The Kier molecular flexibility index (Phi) is 3.47. The number of nitrogens with zero attached hydrogens (tertiary/aromatic N) is 3. The normalized spacial score (nSPS) is 11.2. The number of aryl methyl sites for hydroxylation is 1. The molecule has 2 heterocycles. The molecule has 0 aliphatic carbocycles. The lowest BCUT2D eigenvalue weighted by Gasteiger charge is -2.11. The lowest BCUT2D eigenvalue weighted by molar-refractivity contribution is 0.632. The third kappa shape index (κ3) is 2.48. The number of nitrogen functional groups attached to an aromatic ring is 2. The fraction of sp³-hybridized carbons (Fsp3) is 0.0556. The summed E-state index contributed by atoms with van der Waals surface area (Å²) >= 11 is 0. The van der Waals surface area contributed by atoms with Crippen LogP contribution in [0.5, 0.6) is 0 Å². The molecule has 0 fully saturated rings. The van der Waals surface area contributed by atoms with Crippen LogP contribution in [-0.4, -0.2) is 14.5 Å². The zero-order valence-electron chi connectivity index (χ0n) is 13.8. The van der Waals surface area contributed by atoms with Crippen molar-refractivity contribution in [3.63, 3.8) is 0 Å². The van der Waals surface area contributed by atoms with Gasteiger partial charge in [0, 0.05) is 23.8 Å². The van der Waals surface area contributed by atoms with E-state index < -0.39 is 5.82 Å². The third-order valence-corrected chi connectivity index (χ3v) is 4.22. The summed E-state index contributed by atoms with van der Waals surface area (Å²) in [5.74, 6) is -0.186. The summed E-state index contributed by atoms with van der Waals surface area (Å²) in [6, 6.07) is 9.38. The number of nitrogens with one attached hydrogen (secondary N) is 1. The molecule has 0 saturated carbocycles. The van der Waals surface area contributed by atoms with Crippen LogP contribution in [0.15, 0.2) is 47.4 Å². The van der Waals surface area contributed by atoms with E-state index >= 15 is 0 Å². The molecule has 8 heteroatoms. The first-order valence-electron chi connectivity index (χ1n) is 7.81. The van der Waals surface area contributed by atoms with E-state index in [1.165, 1.54) is 16.7 Å². The van der Waals surface area contributed by atoms with Crippen LogP contribution in [-0.2, 0) is 7.05 Å². The number of halogens is 1. The molecule has 0 atom stereocenters. The van der Waals surface area contributed by atoms with Gasteiger partial charge in [-0.3, -0.25) is 4.79 Å². The van der Waals surface area contributed by atoms with Crippen molar-refractivity contribution in [3.05, 3.63) is 58.8 Å². The zero-order valence-corrected chi connectivity index (χ0v) is 13.8. The van der Waals surface area contributed by atoms with Crippen molar-refractivity contribution in [2.24, 2.45) is 7.05 Å². The fourth-order valence-corrected chi connectivity index (χ4v) is 2.87. The summed E-state index contributed by atoms with van der Waals surface area (Å²) in [5, 5.41) is 4.16. The van der Waals surface area contributed by atoms with Gasteiger partial charge in [0.2, 0.25) is 5.95 Å². The number of anilines is 4. The van der Waals surface area contributed by atoms with Crippen LogP contribution in [0.2, 0.25) is 0 Å². The van der Waals surface area contributed by atoms with Gasteiger partial charge in [0.05, 0.1) is 22.8 Å². The highest BCUT2D eigenvalue weighted by Crippen LogP contribution is 2.24. The van der Waals surface area contributed by atoms with Gasteiger partial charge >= 0.3 is 0 Å². The van der Waals surface area contributed by atoms with Crippen LogP contribution >= 0.6 is 0 Å². The topological polar surface area (TPSA) is 112 Å². The highest BCUT2D eigenvalue weighted by Gasteiger charge is 2.12. The SMILES string of the molecule is Cn1c(=O)c2cc(N)ccc2c2nc(Nc3ccc(F)c(N)c3)ncc21. The molecule has 4 rings (SSSR count). The van der Waals surface area contributed by atoms with Crippen LogP contribution in [0, 0.1) is 5.82 Å². The van der Waals surface area contributed by atoms with Gasteiger partial charge in [-0.05, 0) is 36.4 Å². The van der Waals surface area contributed by atoms with Crippen LogP contribution in [0.1, 0.15) is 0 Å². The third-order valence-electron chi connectivity index (χ3n) is 4.22. The maximum atomic E-state index is 13.3. The second-order valence-corrected chi connectivity index (χ2v) is 5.96. The van der Waals surface area contributed by atoms with E-state index in [0.29, 0.717) is 39.1 Å². The van der Waals surface area contributed by atoms with Gasteiger partial charge < -0.3 is 21.4 Å². The molecular weight excluding hydrogens is 335 g/mol. The van der Waals surface area contributed by atoms with E-state index in [1.807, 2.05) is 0 Å². The number of rotatable bonds is 2. The fourth-order valence-electron chi connectivity index (χ4n) is 2.87. The molecule has 0 spiro atoms. The smallest absolute Gasteiger partial charge is 0.258 e. The van der Waals surface area contributed by atoms with E-state index in [4.69, 9.17) is 11.5 Å². The average Bonchev–Trinajstić information content (AvgIpc) is 2.63. The zero-order chi connectivity index (χ0) is 18.4. The highest BCUT2D eigenvalue weighted by atomic mass is 19.1. The summed E-state index contributed by atoms with van der Waals surface area (Å²) < 4.78 is 14.8. The molecule has 0 radical (unpaired) electrons. The Hall–Kier alpha value is -3.68. The summed E-state index contributed by atoms with van der Waals surface area (Å²) in [4.78, 5) is 21.3. The van der Waals surface area contributed by atoms with Gasteiger partial charge in [0.1, 0.15) is 11.3 Å². The van der Waals surface area contributed by atoms with Gasteiger partial charge in [0.15, 0.2) is 0 Å². The van der Waals surface area contributed by atoms with E-state index in [9.17, 15) is 9.18 Å². The monoisotopic (exact) mass is 350 g/mol. The first-order valence-corrected chi connectivity index (χ1v) is 7.81. The number of hydrogen-bond acceptors (Lipinski definition) is 6. The highest BCUT2D eigenvalue weighted by molar-refractivity contribution is 6.04. The lowest BCUT2D eigenvalue weighted by Crippen LogP contribution is -2.18. The van der Waals surface area contributed by atoms with Crippen LogP contribution in [0.3, 0.4) is 0 Å². The molecule has 0 amide bonds. The predicted octanol–water partition coefficient (Wildman–Crippen LogP) is 2.53. The maximum absolute atomic E-state index is 13.3. The minimum Gasteiger partial charge on any atom is -0.399 e. The summed E-state index contributed by atoms with van der Waals surface area (Å²) in [6.45, 7) is 0. The number of pyridine rings is 1. The molecule has 0 aliphatic heterocycles. The second-order valence-electron chi connectivity index (χ2n) is 5.96. The van der Waals surface area contributed by atoms with Gasteiger partial charge in [-0.2, -0.15) is 0 Å². The second kappa shape index (κ2) is 5.69. The molecule has 0 saturated heterocycles. The van der Waals surface area contributed by atoms with Crippen molar-refractivity contribution in [2.75, 3.05) is 16.8 Å². The summed E-state index contributed by atoms with van der Waals surface area (Å²) in [6.07, 6.45) is 1.56.